The summed E-state index contributed by atoms with van der Waals surface area (Å²) in [5, 5.41) is 0. The summed E-state index contributed by atoms with van der Waals surface area (Å²) in [5.41, 5.74) is 0. The van der Waals surface area contributed by atoms with Crippen molar-refractivity contribution < 1.29 is 0 Å². The summed E-state index contributed by atoms with van der Waals surface area (Å²) in [4.78, 5) is 16.3. The molecule has 5 heteroatoms. The minimum atomic E-state index is 0.840. The first kappa shape index (κ1) is 13.6. The van der Waals surface area contributed by atoms with E-state index in [1.165, 1.54) is 12.8 Å². The van der Waals surface area contributed by atoms with Gasteiger partial charge in [0.05, 0.1) is 0 Å². The summed E-state index contributed by atoms with van der Waals surface area (Å²) in [6.45, 7) is 8.86. The van der Waals surface area contributed by atoms with Crippen molar-refractivity contribution in [2.75, 3.05) is 56.1 Å². The average molecular weight is 275 g/mol. The highest BCUT2D eigenvalue weighted by Gasteiger charge is 2.20. The average Bonchev–Trinajstić information content (AvgIpc) is 2.49. The van der Waals surface area contributed by atoms with Crippen LogP contribution in [-0.2, 0) is 0 Å². The van der Waals surface area contributed by atoms with Crippen LogP contribution in [0.3, 0.4) is 0 Å². The van der Waals surface area contributed by atoms with Gasteiger partial charge in [0, 0.05) is 45.5 Å². The molecule has 110 valence electrons. The van der Waals surface area contributed by atoms with Crippen LogP contribution in [0.2, 0.25) is 0 Å². The highest BCUT2D eigenvalue weighted by molar-refractivity contribution is 5.44. The van der Waals surface area contributed by atoms with E-state index in [1.54, 1.807) is 0 Å². The zero-order chi connectivity index (χ0) is 13.9. The van der Waals surface area contributed by atoms with Crippen LogP contribution >= 0.6 is 0 Å². The Kier molecular flexibility index (Phi) is 4.05. The molecule has 0 aliphatic carbocycles. The summed E-state index contributed by atoms with van der Waals surface area (Å²) >= 11 is 0. The molecule has 2 fully saturated rings. The van der Waals surface area contributed by atoms with E-state index >= 15 is 0 Å². The standard InChI is InChI=1S/C15H25N5/c1-13-4-7-20(8-5-13)15-16-6-3-14(17-15)19-11-9-18(2)10-12-19/h3,6,13H,4-5,7-12H2,1-2H3. The Morgan fingerprint density at radius 3 is 2.40 bits per heavy atom. The van der Waals surface area contributed by atoms with Gasteiger partial charge in [-0.25, -0.2) is 4.98 Å². The number of aromatic nitrogens is 2. The third-order valence-corrected chi connectivity index (χ3v) is 4.52. The van der Waals surface area contributed by atoms with Gasteiger partial charge >= 0.3 is 0 Å². The van der Waals surface area contributed by atoms with Gasteiger partial charge in [-0.1, -0.05) is 6.92 Å². The lowest BCUT2D eigenvalue weighted by Crippen LogP contribution is -2.45. The van der Waals surface area contributed by atoms with Crippen molar-refractivity contribution in [1.82, 2.24) is 14.9 Å². The number of hydrogen-bond donors (Lipinski definition) is 0. The molecule has 2 aliphatic heterocycles. The number of likely N-dealkylation sites (N-methyl/N-ethyl adjacent to an activating group) is 1. The minimum absolute atomic E-state index is 0.840. The summed E-state index contributed by atoms with van der Waals surface area (Å²) in [6.07, 6.45) is 4.41. The maximum atomic E-state index is 4.79. The molecule has 0 bridgehead atoms. The van der Waals surface area contributed by atoms with Crippen molar-refractivity contribution >= 4 is 11.8 Å². The normalized spacial score (nSPS) is 22.3. The van der Waals surface area contributed by atoms with E-state index in [1.807, 2.05) is 12.3 Å². The van der Waals surface area contributed by atoms with Gasteiger partial charge < -0.3 is 14.7 Å². The van der Waals surface area contributed by atoms with Crippen molar-refractivity contribution in [1.29, 1.82) is 0 Å². The lowest BCUT2D eigenvalue weighted by atomic mass is 10.00. The minimum Gasteiger partial charge on any atom is -0.354 e. The second kappa shape index (κ2) is 5.95. The SMILES string of the molecule is CC1CCN(c2nccc(N3CCN(C)CC3)n2)CC1. The van der Waals surface area contributed by atoms with Gasteiger partial charge in [0.2, 0.25) is 5.95 Å². The maximum Gasteiger partial charge on any atom is 0.227 e. The Hall–Kier alpha value is -1.36. The van der Waals surface area contributed by atoms with E-state index in [0.29, 0.717) is 0 Å². The van der Waals surface area contributed by atoms with E-state index in [2.05, 4.69) is 33.7 Å². The van der Waals surface area contributed by atoms with Crippen molar-refractivity contribution in [3.8, 4) is 0 Å². The van der Waals surface area contributed by atoms with Crippen molar-refractivity contribution in [2.24, 2.45) is 5.92 Å². The summed E-state index contributed by atoms with van der Waals surface area (Å²) < 4.78 is 0. The van der Waals surface area contributed by atoms with E-state index in [9.17, 15) is 0 Å². The largest absolute Gasteiger partial charge is 0.354 e. The molecular formula is C15H25N5. The number of hydrogen-bond acceptors (Lipinski definition) is 5. The Balaban J connectivity index is 1.69. The van der Waals surface area contributed by atoms with Gasteiger partial charge in [0.25, 0.3) is 0 Å². The predicted molar refractivity (Wildman–Crippen MR) is 82.4 cm³/mol. The van der Waals surface area contributed by atoms with Crippen LogP contribution in [0.4, 0.5) is 11.8 Å². The van der Waals surface area contributed by atoms with Crippen LogP contribution < -0.4 is 9.80 Å². The third kappa shape index (κ3) is 3.03. The van der Waals surface area contributed by atoms with Crippen LogP contribution in [-0.4, -0.2) is 61.2 Å². The molecule has 3 rings (SSSR count). The number of nitrogens with zero attached hydrogens (tertiary/aromatic N) is 5. The van der Waals surface area contributed by atoms with E-state index in [0.717, 1.165) is 57.0 Å². The molecule has 5 nitrogen and oxygen atoms in total. The highest BCUT2D eigenvalue weighted by atomic mass is 15.3. The van der Waals surface area contributed by atoms with E-state index < -0.39 is 0 Å². The molecule has 3 heterocycles. The van der Waals surface area contributed by atoms with Gasteiger partial charge in [-0.05, 0) is 31.9 Å². The molecule has 2 aliphatic rings. The monoisotopic (exact) mass is 275 g/mol. The Morgan fingerprint density at radius 1 is 1.00 bits per heavy atom. The number of rotatable bonds is 2. The second-order valence-electron chi connectivity index (χ2n) is 6.17. The molecule has 2 saturated heterocycles. The molecule has 1 aromatic heterocycles. The summed E-state index contributed by atoms with van der Waals surface area (Å²) in [6, 6.07) is 2.04. The Bertz CT molecular complexity index is 396. The highest BCUT2D eigenvalue weighted by Crippen LogP contribution is 2.22. The van der Waals surface area contributed by atoms with Crippen molar-refractivity contribution in [3.05, 3.63) is 12.3 Å². The fraction of sp³-hybridized carbons (Fsp3) is 0.733. The molecule has 0 saturated carbocycles. The smallest absolute Gasteiger partial charge is 0.227 e. The summed E-state index contributed by atoms with van der Waals surface area (Å²) in [7, 11) is 2.18. The topological polar surface area (TPSA) is 35.5 Å². The lowest BCUT2D eigenvalue weighted by Gasteiger charge is -2.34. The molecule has 0 amide bonds. The summed E-state index contributed by atoms with van der Waals surface area (Å²) in [5.74, 6) is 2.84. The lowest BCUT2D eigenvalue weighted by molar-refractivity contribution is 0.312. The molecular weight excluding hydrogens is 250 g/mol. The Labute approximate surface area is 121 Å². The third-order valence-electron chi connectivity index (χ3n) is 4.52. The van der Waals surface area contributed by atoms with Gasteiger partial charge in [0.15, 0.2) is 0 Å². The number of piperazine rings is 1. The van der Waals surface area contributed by atoms with Crippen LogP contribution in [0, 0.1) is 5.92 Å². The van der Waals surface area contributed by atoms with E-state index in [4.69, 9.17) is 4.98 Å². The van der Waals surface area contributed by atoms with Gasteiger partial charge in [0.1, 0.15) is 5.82 Å². The van der Waals surface area contributed by atoms with Crippen LogP contribution in [0.25, 0.3) is 0 Å². The number of piperidine rings is 1. The molecule has 0 spiro atoms. The first-order valence-corrected chi connectivity index (χ1v) is 7.74. The second-order valence-corrected chi connectivity index (χ2v) is 6.17. The number of anilines is 2. The Morgan fingerprint density at radius 2 is 1.70 bits per heavy atom. The predicted octanol–water partition coefficient (Wildman–Crippen LogP) is 1.46. The molecule has 20 heavy (non-hydrogen) atoms. The van der Waals surface area contributed by atoms with Crippen molar-refractivity contribution in [2.45, 2.75) is 19.8 Å². The zero-order valence-electron chi connectivity index (χ0n) is 12.6. The maximum absolute atomic E-state index is 4.79. The van der Waals surface area contributed by atoms with Crippen LogP contribution in [0.5, 0.6) is 0 Å². The fourth-order valence-corrected chi connectivity index (χ4v) is 2.91. The quantitative estimate of drug-likeness (QED) is 0.816. The van der Waals surface area contributed by atoms with Crippen molar-refractivity contribution in [3.63, 3.8) is 0 Å². The molecule has 0 atom stereocenters. The van der Waals surface area contributed by atoms with Crippen LogP contribution in [0.15, 0.2) is 12.3 Å². The molecule has 1 aromatic rings. The zero-order valence-corrected chi connectivity index (χ0v) is 12.6. The first-order valence-electron chi connectivity index (χ1n) is 7.74. The first-order chi connectivity index (χ1) is 9.72. The van der Waals surface area contributed by atoms with Gasteiger partial charge in [-0.15, -0.1) is 0 Å². The van der Waals surface area contributed by atoms with Crippen LogP contribution in [0.1, 0.15) is 19.8 Å². The fourth-order valence-electron chi connectivity index (χ4n) is 2.91. The molecule has 0 radical (unpaired) electrons. The van der Waals surface area contributed by atoms with Gasteiger partial charge in [-0.3, -0.25) is 0 Å². The van der Waals surface area contributed by atoms with E-state index in [-0.39, 0.29) is 0 Å². The molecule has 0 aromatic carbocycles. The van der Waals surface area contributed by atoms with Gasteiger partial charge in [-0.2, -0.15) is 4.98 Å². The molecule has 0 unspecified atom stereocenters. The molecule has 0 N–H and O–H groups in total.